The Morgan fingerprint density at radius 1 is 1.11 bits per heavy atom. The number of nitrogens with zero attached hydrogens (tertiary/aromatic N) is 4. The highest BCUT2D eigenvalue weighted by Crippen LogP contribution is 2.29. The molecular formula is C26H26N6O4S. The fourth-order valence-electron chi connectivity index (χ4n) is 4.21. The van der Waals surface area contributed by atoms with Crippen molar-refractivity contribution in [1.82, 2.24) is 24.1 Å². The molecule has 0 atom stereocenters. The van der Waals surface area contributed by atoms with Gasteiger partial charge in [0.15, 0.2) is 0 Å². The van der Waals surface area contributed by atoms with Gasteiger partial charge in [-0.3, -0.25) is 24.7 Å². The van der Waals surface area contributed by atoms with E-state index in [4.69, 9.17) is 0 Å². The molecule has 0 radical (unpaired) electrons. The molecule has 190 valence electrons. The van der Waals surface area contributed by atoms with Crippen molar-refractivity contribution in [3.63, 3.8) is 0 Å². The Morgan fingerprint density at radius 3 is 2.57 bits per heavy atom. The van der Waals surface area contributed by atoms with E-state index in [1.807, 2.05) is 22.8 Å². The van der Waals surface area contributed by atoms with E-state index in [1.54, 1.807) is 51.4 Å². The Kier molecular flexibility index (Phi) is 6.26. The molecule has 0 unspecified atom stereocenters. The first-order chi connectivity index (χ1) is 17.6. The number of carbonyl (C=O) groups excluding carboxylic acids is 1. The highest BCUT2D eigenvalue weighted by molar-refractivity contribution is 7.17. The Labute approximate surface area is 215 Å². The minimum atomic E-state index is -0.946. The smallest absolute Gasteiger partial charge is 0.316 e. The molecule has 37 heavy (non-hydrogen) atoms. The third-order valence-corrected chi connectivity index (χ3v) is 7.26. The number of rotatable bonds is 7. The van der Waals surface area contributed by atoms with E-state index in [0.29, 0.717) is 52.4 Å². The number of anilines is 1. The number of benzene rings is 1. The number of aliphatic hydroxyl groups is 1. The molecule has 5 aromatic rings. The Bertz CT molecular complexity index is 1740. The number of aromatic nitrogens is 5. The van der Waals surface area contributed by atoms with Crippen LogP contribution in [0.5, 0.6) is 0 Å². The zero-order chi connectivity index (χ0) is 26.3. The van der Waals surface area contributed by atoms with Crippen LogP contribution in [0, 0.1) is 0 Å². The van der Waals surface area contributed by atoms with Crippen molar-refractivity contribution in [3.8, 4) is 10.4 Å². The van der Waals surface area contributed by atoms with Crippen LogP contribution < -0.4 is 16.4 Å². The van der Waals surface area contributed by atoms with Crippen LogP contribution in [0.2, 0.25) is 0 Å². The second kappa shape index (κ2) is 9.41. The molecule has 1 amide bonds. The summed E-state index contributed by atoms with van der Waals surface area (Å²) < 4.78 is 3.23. The van der Waals surface area contributed by atoms with Crippen molar-refractivity contribution in [3.05, 3.63) is 74.4 Å². The summed E-state index contributed by atoms with van der Waals surface area (Å²) in [6.45, 7) is 5.91. The van der Waals surface area contributed by atoms with Gasteiger partial charge in [0, 0.05) is 30.4 Å². The summed E-state index contributed by atoms with van der Waals surface area (Å²) in [5, 5.41) is 13.3. The van der Waals surface area contributed by atoms with Gasteiger partial charge in [-0.15, -0.1) is 11.3 Å². The van der Waals surface area contributed by atoms with Gasteiger partial charge in [0.25, 0.3) is 5.91 Å². The summed E-state index contributed by atoms with van der Waals surface area (Å²) in [7, 11) is 0. The summed E-state index contributed by atoms with van der Waals surface area (Å²) in [6, 6.07) is 10.9. The lowest BCUT2D eigenvalue weighted by molar-refractivity contribution is 0.0667. The molecule has 0 aliphatic heterocycles. The Morgan fingerprint density at radius 2 is 1.86 bits per heavy atom. The van der Waals surface area contributed by atoms with Gasteiger partial charge < -0.3 is 19.2 Å². The monoisotopic (exact) mass is 518 g/mol. The average molecular weight is 519 g/mol. The first-order valence-corrected chi connectivity index (χ1v) is 12.7. The SMILES string of the molecule is CCn1c(=O)c(=O)[nH]c2cc3nc(NC(=O)c4ccc(-c5ccncc5)s4)n(CCC(C)(C)O)c3cc21. The number of pyridine rings is 1. The largest absolute Gasteiger partial charge is 0.390 e. The number of aromatic amines is 1. The molecule has 0 aliphatic carbocycles. The van der Waals surface area contributed by atoms with E-state index in [9.17, 15) is 19.5 Å². The maximum absolute atomic E-state index is 13.2. The summed E-state index contributed by atoms with van der Waals surface area (Å²) in [5.41, 5.74) is 0.937. The third-order valence-electron chi connectivity index (χ3n) is 6.13. The number of carbonyl (C=O) groups is 1. The topological polar surface area (TPSA) is 135 Å². The first kappa shape index (κ1) is 24.6. The number of fused-ring (bicyclic) bond motifs is 2. The quantitative estimate of drug-likeness (QED) is 0.282. The van der Waals surface area contributed by atoms with Gasteiger partial charge in [0.1, 0.15) is 0 Å². The van der Waals surface area contributed by atoms with Crippen LogP contribution in [0.15, 0.2) is 58.4 Å². The van der Waals surface area contributed by atoms with Gasteiger partial charge in [-0.25, -0.2) is 4.98 Å². The Hall–Kier alpha value is -4.09. The van der Waals surface area contributed by atoms with E-state index in [-0.39, 0.29) is 5.91 Å². The van der Waals surface area contributed by atoms with Crippen LogP contribution in [0.25, 0.3) is 32.5 Å². The number of aryl methyl sites for hydroxylation is 2. The van der Waals surface area contributed by atoms with Crippen LogP contribution in [-0.4, -0.2) is 40.7 Å². The van der Waals surface area contributed by atoms with E-state index < -0.39 is 16.7 Å². The highest BCUT2D eigenvalue weighted by Gasteiger charge is 2.20. The number of thiophene rings is 1. The molecule has 4 heterocycles. The maximum Gasteiger partial charge on any atom is 0.316 e. The van der Waals surface area contributed by atoms with Gasteiger partial charge in [-0.05, 0) is 69.2 Å². The molecule has 0 spiro atoms. The number of imidazole rings is 1. The molecule has 0 saturated heterocycles. The molecule has 1 aromatic carbocycles. The number of H-pyrrole nitrogens is 1. The fraction of sp³-hybridized carbons (Fsp3) is 0.269. The van der Waals surface area contributed by atoms with Gasteiger partial charge in [-0.2, -0.15) is 0 Å². The molecule has 0 bridgehead atoms. The van der Waals surface area contributed by atoms with E-state index in [1.165, 1.54) is 15.9 Å². The lowest BCUT2D eigenvalue weighted by atomic mass is 10.1. The molecular weight excluding hydrogens is 492 g/mol. The maximum atomic E-state index is 13.2. The molecule has 10 nitrogen and oxygen atoms in total. The predicted octanol–water partition coefficient (Wildman–Crippen LogP) is 3.60. The minimum absolute atomic E-state index is 0.311. The van der Waals surface area contributed by atoms with Crippen LogP contribution in [0.4, 0.5) is 5.95 Å². The van der Waals surface area contributed by atoms with E-state index >= 15 is 0 Å². The molecule has 5 rings (SSSR count). The minimum Gasteiger partial charge on any atom is -0.390 e. The van der Waals surface area contributed by atoms with Crippen LogP contribution in [0.3, 0.4) is 0 Å². The zero-order valence-corrected chi connectivity index (χ0v) is 21.4. The second-order valence-electron chi connectivity index (χ2n) is 9.36. The third kappa shape index (κ3) is 4.83. The summed E-state index contributed by atoms with van der Waals surface area (Å²) in [4.78, 5) is 50.5. The lowest BCUT2D eigenvalue weighted by Gasteiger charge is -2.18. The summed E-state index contributed by atoms with van der Waals surface area (Å²) in [5.74, 6) is -0.000269. The van der Waals surface area contributed by atoms with Crippen molar-refractivity contribution < 1.29 is 9.90 Å². The van der Waals surface area contributed by atoms with Gasteiger partial charge >= 0.3 is 11.1 Å². The van der Waals surface area contributed by atoms with Gasteiger partial charge in [0.05, 0.1) is 32.5 Å². The van der Waals surface area contributed by atoms with Crippen LogP contribution >= 0.6 is 11.3 Å². The Balaban J connectivity index is 1.58. The van der Waals surface area contributed by atoms with Crippen molar-refractivity contribution in [2.75, 3.05) is 5.32 Å². The first-order valence-electron chi connectivity index (χ1n) is 11.9. The number of nitrogens with one attached hydrogen (secondary N) is 2. The molecule has 0 saturated carbocycles. The van der Waals surface area contributed by atoms with Crippen molar-refractivity contribution in [1.29, 1.82) is 0 Å². The highest BCUT2D eigenvalue weighted by atomic mass is 32.1. The molecule has 11 heteroatoms. The van der Waals surface area contributed by atoms with Crippen LogP contribution in [-0.2, 0) is 13.1 Å². The normalized spacial score (nSPS) is 11.9. The molecule has 3 N–H and O–H groups in total. The number of amides is 1. The van der Waals surface area contributed by atoms with Crippen LogP contribution in [0.1, 0.15) is 36.9 Å². The average Bonchev–Trinajstić information content (AvgIpc) is 3.48. The summed E-state index contributed by atoms with van der Waals surface area (Å²) >= 11 is 1.36. The zero-order valence-electron chi connectivity index (χ0n) is 20.6. The van der Waals surface area contributed by atoms with Crippen molar-refractivity contribution in [2.45, 2.75) is 45.9 Å². The lowest BCUT2D eigenvalue weighted by Crippen LogP contribution is -2.35. The standard InChI is InChI=1S/C26H26N6O4S/c1-4-31-18-14-19-17(13-16(18)28-23(34)24(31)35)29-25(32(19)12-9-26(2,3)36)30-22(33)21-6-5-20(37-21)15-7-10-27-11-8-15/h5-8,10-11,13-14,36H,4,9,12H2,1-3H3,(H,28,34)(H,29,30,33). The fourth-order valence-corrected chi connectivity index (χ4v) is 5.11. The van der Waals surface area contributed by atoms with E-state index in [2.05, 4.69) is 20.3 Å². The van der Waals surface area contributed by atoms with Crippen molar-refractivity contribution in [2.24, 2.45) is 0 Å². The summed E-state index contributed by atoms with van der Waals surface area (Å²) in [6.07, 6.45) is 3.81. The number of hydrogen-bond acceptors (Lipinski definition) is 7. The predicted molar refractivity (Wildman–Crippen MR) is 144 cm³/mol. The number of hydrogen-bond donors (Lipinski definition) is 3. The molecule has 0 fully saturated rings. The van der Waals surface area contributed by atoms with Gasteiger partial charge in [0.2, 0.25) is 5.95 Å². The van der Waals surface area contributed by atoms with Gasteiger partial charge in [-0.1, -0.05) is 0 Å². The van der Waals surface area contributed by atoms with Crippen molar-refractivity contribution >= 4 is 45.3 Å². The van der Waals surface area contributed by atoms with E-state index in [0.717, 1.165) is 10.4 Å². The molecule has 0 aliphatic rings. The second-order valence-corrected chi connectivity index (χ2v) is 10.4. The molecule has 4 aromatic heterocycles.